The van der Waals surface area contributed by atoms with E-state index < -0.39 is 0 Å². The van der Waals surface area contributed by atoms with Crippen molar-refractivity contribution in [2.45, 2.75) is 32.7 Å². The molecule has 1 aliphatic rings. The van der Waals surface area contributed by atoms with E-state index >= 15 is 0 Å². The van der Waals surface area contributed by atoms with Crippen molar-refractivity contribution < 1.29 is 4.79 Å². The monoisotopic (exact) mass is 382 g/mol. The van der Waals surface area contributed by atoms with Crippen LogP contribution in [-0.4, -0.2) is 58.5 Å². The van der Waals surface area contributed by atoms with Gasteiger partial charge in [0.2, 0.25) is 5.91 Å². The summed E-state index contributed by atoms with van der Waals surface area (Å²) in [6.45, 7) is 6.16. The number of benzene rings is 1. The minimum atomic E-state index is -0.385. The molecule has 0 N–H and O–H groups in total. The number of likely N-dealkylation sites (N-methyl/N-ethyl adjacent to an activating group) is 1. The van der Waals surface area contributed by atoms with E-state index in [1.54, 1.807) is 17.2 Å². The van der Waals surface area contributed by atoms with Crippen LogP contribution in [0.25, 0.3) is 0 Å². The van der Waals surface area contributed by atoms with Gasteiger partial charge in [-0.25, -0.2) is 9.78 Å². The molecule has 1 aromatic heterocycles. The third-order valence-corrected chi connectivity index (χ3v) is 5.61. The molecule has 0 aliphatic carbocycles. The molecule has 1 atom stereocenters. The van der Waals surface area contributed by atoms with Gasteiger partial charge in [-0.2, -0.15) is 0 Å². The fraction of sp³-hybridized carbons (Fsp3) is 0.500. The van der Waals surface area contributed by atoms with E-state index in [2.05, 4.69) is 41.1 Å². The zero-order valence-electron chi connectivity index (χ0n) is 16.9. The molecule has 6 nitrogen and oxygen atoms in total. The Morgan fingerprint density at radius 3 is 2.89 bits per heavy atom. The summed E-state index contributed by atoms with van der Waals surface area (Å²) in [5.74, 6) is 0.428. The summed E-state index contributed by atoms with van der Waals surface area (Å²) in [5, 5.41) is 0. The molecule has 150 valence electrons. The van der Waals surface area contributed by atoms with Crippen molar-refractivity contribution in [3.63, 3.8) is 0 Å². The molecule has 2 aromatic rings. The van der Waals surface area contributed by atoms with Gasteiger partial charge in [-0.15, -0.1) is 0 Å². The Morgan fingerprint density at radius 2 is 2.11 bits per heavy atom. The molecule has 6 heteroatoms. The Balaban J connectivity index is 1.48. The third-order valence-electron chi connectivity index (χ3n) is 5.61. The first kappa shape index (κ1) is 20.3. The number of piperidine rings is 1. The minimum Gasteiger partial charge on any atom is -0.344 e. The van der Waals surface area contributed by atoms with E-state index in [1.165, 1.54) is 28.3 Å². The quantitative estimate of drug-likeness (QED) is 0.735. The molecule has 1 aliphatic heterocycles. The summed E-state index contributed by atoms with van der Waals surface area (Å²) in [4.78, 5) is 32.2. The summed E-state index contributed by atoms with van der Waals surface area (Å²) in [7, 11) is 1.83. The average Bonchev–Trinajstić information content (AvgIpc) is 2.69. The predicted octanol–water partition coefficient (Wildman–Crippen LogP) is 1.96. The fourth-order valence-corrected chi connectivity index (χ4v) is 3.94. The number of nitrogens with zero attached hydrogens (tertiary/aromatic N) is 4. The van der Waals surface area contributed by atoms with Gasteiger partial charge >= 0.3 is 5.69 Å². The number of rotatable bonds is 7. The maximum absolute atomic E-state index is 12.5. The summed E-state index contributed by atoms with van der Waals surface area (Å²) >= 11 is 0. The standard InChI is InChI=1S/C22H30N4O2/c1-18-7-3-4-9-20(18)10-14-25-12-5-8-19(16-25)15-24(2)21(27)17-26-13-6-11-23-22(26)28/h3-4,6-7,9,11,13,19H,5,8,10,12,14-17H2,1-2H3/t19-/m1/s1. The first-order valence-corrected chi connectivity index (χ1v) is 10.0. The Hall–Kier alpha value is -2.47. The summed E-state index contributed by atoms with van der Waals surface area (Å²) in [5.41, 5.74) is 2.38. The molecule has 1 aromatic carbocycles. The topological polar surface area (TPSA) is 58.4 Å². The normalized spacial score (nSPS) is 17.4. The first-order chi connectivity index (χ1) is 13.5. The van der Waals surface area contributed by atoms with Crippen molar-refractivity contribution in [2.24, 2.45) is 5.92 Å². The lowest BCUT2D eigenvalue weighted by molar-refractivity contribution is -0.131. The lowest BCUT2D eigenvalue weighted by Crippen LogP contribution is -2.43. The highest BCUT2D eigenvalue weighted by molar-refractivity contribution is 5.75. The average molecular weight is 383 g/mol. The van der Waals surface area contributed by atoms with Crippen LogP contribution in [0.3, 0.4) is 0 Å². The summed E-state index contributed by atoms with van der Waals surface area (Å²) < 4.78 is 1.36. The molecule has 0 unspecified atom stereocenters. The maximum atomic E-state index is 12.5. The zero-order valence-corrected chi connectivity index (χ0v) is 16.9. The number of aryl methyl sites for hydroxylation is 1. The number of carbonyl (C=O) groups is 1. The van der Waals surface area contributed by atoms with Gasteiger partial charge in [-0.1, -0.05) is 24.3 Å². The largest absolute Gasteiger partial charge is 0.347 e. The van der Waals surface area contributed by atoms with Crippen LogP contribution in [0.4, 0.5) is 0 Å². The molecule has 0 radical (unpaired) electrons. The second-order valence-electron chi connectivity index (χ2n) is 7.79. The van der Waals surface area contributed by atoms with Crippen LogP contribution in [-0.2, 0) is 17.8 Å². The van der Waals surface area contributed by atoms with Crippen LogP contribution in [0.1, 0.15) is 24.0 Å². The lowest BCUT2D eigenvalue weighted by Gasteiger charge is -2.35. The number of carbonyl (C=O) groups excluding carboxylic acids is 1. The summed E-state index contributed by atoms with van der Waals surface area (Å²) in [6, 6.07) is 10.2. The smallest absolute Gasteiger partial charge is 0.344 e. The van der Waals surface area contributed by atoms with Crippen molar-refractivity contribution >= 4 is 5.91 Å². The van der Waals surface area contributed by atoms with Gasteiger partial charge in [0.1, 0.15) is 6.54 Å². The molecule has 1 fully saturated rings. The molecule has 1 amide bonds. The van der Waals surface area contributed by atoms with E-state index in [0.717, 1.165) is 39.0 Å². The Labute approximate surface area is 166 Å². The molecule has 1 saturated heterocycles. The fourth-order valence-electron chi connectivity index (χ4n) is 3.94. The van der Waals surface area contributed by atoms with E-state index in [4.69, 9.17) is 0 Å². The highest BCUT2D eigenvalue weighted by Gasteiger charge is 2.23. The second kappa shape index (κ2) is 9.64. The Bertz CT molecular complexity index is 848. The Morgan fingerprint density at radius 1 is 1.29 bits per heavy atom. The SMILES string of the molecule is Cc1ccccc1CCN1CCC[C@H](CN(C)C(=O)Cn2cccnc2=O)C1. The highest BCUT2D eigenvalue weighted by Crippen LogP contribution is 2.18. The van der Waals surface area contributed by atoms with Gasteiger partial charge in [0.15, 0.2) is 0 Å². The zero-order chi connectivity index (χ0) is 19.9. The molecular formula is C22H30N4O2. The van der Waals surface area contributed by atoms with Crippen molar-refractivity contribution in [3.05, 3.63) is 64.3 Å². The minimum absolute atomic E-state index is 0.0485. The van der Waals surface area contributed by atoms with Gasteiger partial charge in [0.25, 0.3) is 0 Å². The lowest BCUT2D eigenvalue weighted by atomic mass is 9.96. The van der Waals surface area contributed by atoms with Crippen molar-refractivity contribution in [3.8, 4) is 0 Å². The van der Waals surface area contributed by atoms with Gasteiger partial charge in [-0.3, -0.25) is 9.36 Å². The van der Waals surface area contributed by atoms with Crippen molar-refractivity contribution in [2.75, 3.05) is 33.2 Å². The molecular weight excluding hydrogens is 352 g/mol. The van der Waals surface area contributed by atoms with Crippen molar-refractivity contribution in [1.82, 2.24) is 19.4 Å². The van der Waals surface area contributed by atoms with Gasteiger partial charge in [0, 0.05) is 39.1 Å². The number of hydrogen-bond acceptors (Lipinski definition) is 4. The van der Waals surface area contributed by atoms with Crippen molar-refractivity contribution in [1.29, 1.82) is 0 Å². The van der Waals surface area contributed by atoms with Crippen LogP contribution in [0.15, 0.2) is 47.5 Å². The third kappa shape index (κ3) is 5.52. The van der Waals surface area contributed by atoms with Crippen LogP contribution in [0.5, 0.6) is 0 Å². The molecule has 28 heavy (non-hydrogen) atoms. The van der Waals surface area contributed by atoms with Gasteiger partial charge < -0.3 is 9.80 Å². The van der Waals surface area contributed by atoms with Crippen LogP contribution >= 0.6 is 0 Å². The molecule has 3 rings (SSSR count). The highest BCUT2D eigenvalue weighted by atomic mass is 16.2. The Kier molecular flexibility index (Phi) is 6.98. The van der Waals surface area contributed by atoms with Crippen LogP contribution < -0.4 is 5.69 Å². The molecule has 0 bridgehead atoms. The maximum Gasteiger partial charge on any atom is 0.347 e. The van der Waals surface area contributed by atoms with Gasteiger partial charge in [-0.05, 0) is 55.8 Å². The van der Waals surface area contributed by atoms with E-state index in [-0.39, 0.29) is 18.1 Å². The van der Waals surface area contributed by atoms with E-state index in [9.17, 15) is 9.59 Å². The number of hydrogen-bond donors (Lipinski definition) is 0. The van der Waals surface area contributed by atoms with Gasteiger partial charge in [0.05, 0.1) is 0 Å². The van der Waals surface area contributed by atoms with Crippen LogP contribution in [0.2, 0.25) is 0 Å². The molecule has 0 saturated carbocycles. The van der Waals surface area contributed by atoms with E-state index in [1.807, 2.05) is 7.05 Å². The molecule has 2 heterocycles. The first-order valence-electron chi connectivity index (χ1n) is 10.0. The summed E-state index contributed by atoms with van der Waals surface area (Å²) in [6.07, 6.45) is 6.43. The number of amides is 1. The second-order valence-corrected chi connectivity index (χ2v) is 7.79. The number of likely N-dealkylation sites (tertiary alicyclic amines) is 1. The number of aromatic nitrogens is 2. The molecule has 0 spiro atoms. The predicted molar refractivity (Wildman–Crippen MR) is 110 cm³/mol. The van der Waals surface area contributed by atoms with Crippen LogP contribution in [0, 0.1) is 12.8 Å². The van der Waals surface area contributed by atoms with E-state index in [0.29, 0.717) is 5.92 Å².